The average molecular weight is 423 g/mol. The van der Waals surface area contributed by atoms with Crippen molar-refractivity contribution in [3.05, 3.63) is 69.6 Å². The topological polar surface area (TPSA) is 91.6 Å². The van der Waals surface area contributed by atoms with E-state index in [-0.39, 0.29) is 11.3 Å². The molecule has 1 amide bonds. The molecule has 1 fully saturated rings. The van der Waals surface area contributed by atoms with E-state index in [4.69, 9.17) is 0 Å². The minimum atomic E-state index is -0.429. The summed E-state index contributed by atoms with van der Waals surface area (Å²) >= 11 is 1.31. The Hall–Kier alpha value is -3.30. The van der Waals surface area contributed by atoms with Crippen molar-refractivity contribution in [3.63, 3.8) is 0 Å². The summed E-state index contributed by atoms with van der Waals surface area (Å²) in [6, 6.07) is 14.3. The van der Waals surface area contributed by atoms with E-state index in [2.05, 4.69) is 15.2 Å². The highest BCUT2D eigenvalue weighted by molar-refractivity contribution is 7.14. The monoisotopic (exact) mass is 423 g/mol. The van der Waals surface area contributed by atoms with Gasteiger partial charge in [-0.1, -0.05) is 30.3 Å². The Labute approximate surface area is 177 Å². The van der Waals surface area contributed by atoms with Crippen LogP contribution in [0.2, 0.25) is 0 Å². The van der Waals surface area contributed by atoms with E-state index in [9.17, 15) is 14.9 Å². The number of amides is 1. The highest BCUT2D eigenvalue weighted by Crippen LogP contribution is 2.31. The molecule has 0 saturated carbocycles. The lowest BCUT2D eigenvalue weighted by Gasteiger charge is -2.33. The van der Waals surface area contributed by atoms with Gasteiger partial charge < -0.3 is 9.80 Å². The van der Waals surface area contributed by atoms with Crippen LogP contribution in [0.1, 0.15) is 10.4 Å². The number of aromatic nitrogens is 1. The summed E-state index contributed by atoms with van der Waals surface area (Å²) in [6.45, 7) is 3.11. The molecule has 9 heteroatoms. The minimum Gasteiger partial charge on any atom is -0.363 e. The molecule has 2 heterocycles. The van der Waals surface area contributed by atoms with Gasteiger partial charge in [0.05, 0.1) is 10.6 Å². The zero-order chi connectivity index (χ0) is 21.1. The first-order chi connectivity index (χ1) is 14.5. The lowest BCUT2D eigenvalue weighted by atomic mass is 10.1. The summed E-state index contributed by atoms with van der Waals surface area (Å²) in [5.74, 6) is -0.419. The Kier molecular flexibility index (Phi) is 5.73. The van der Waals surface area contributed by atoms with Crippen molar-refractivity contribution >= 4 is 33.8 Å². The predicted molar refractivity (Wildman–Crippen MR) is 118 cm³/mol. The third kappa shape index (κ3) is 4.32. The highest BCUT2D eigenvalue weighted by Gasteiger charge is 2.24. The predicted octanol–water partition coefficient (Wildman–Crippen LogP) is 3.72. The van der Waals surface area contributed by atoms with Gasteiger partial charge in [0.2, 0.25) is 0 Å². The molecule has 0 atom stereocenters. The number of carbonyl (C=O) groups excluding carboxylic acids is 1. The van der Waals surface area contributed by atoms with Gasteiger partial charge in [-0.3, -0.25) is 20.2 Å². The van der Waals surface area contributed by atoms with Crippen LogP contribution in [0.25, 0.3) is 11.3 Å². The number of hydrogen-bond acceptors (Lipinski definition) is 7. The van der Waals surface area contributed by atoms with Crippen LogP contribution in [0.3, 0.4) is 0 Å². The number of nitro benzene ring substituents is 1. The molecule has 2 aromatic carbocycles. The van der Waals surface area contributed by atoms with Crippen molar-refractivity contribution in [2.45, 2.75) is 0 Å². The van der Waals surface area contributed by atoms with Crippen molar-refractivity contribution in [2.75, 3.05) is 43.4 Å². The van der Waals surface area contributed by atoms with Gasteiger partial charge in [0.25, 0.3) is 11.6 Å². The molecule has 1 saturated heterocycles. The SMILES string of the molecule is CN1CCN(c2ccc(C(=O)Nc3nc(-c4ccccc4)cs3)cc2[N+](=O)[O-])CC1. The Bertz CT molecular complexity index is 1060. The molecule has 4 rings (SSSR count). The summed E-state index contributed by atoms with van der Waals surface area (Å²) in [4.78, 5) is 32.5. The molecule has 0 aliphatic carbocycles. The third-order valence-corrected chi connectivity index (χ3v) is 5.83. The van der Waals surface area contributed by atoms with Crippen LogP contribution in [-0.4, -0.2) is 53.9 Å². The van der Waals surface area contributed by atoms with Crippen molar-refractivity contribution < 1.29 is 9.72 Å². The fraction of sp³-hybridized carbons (Fsp3) is 0.238. The van der Waals surface area contributed by atoms with Crippen LogP contribution in [0.5, 0.6) is 0 Å². The van der Waals surface area contributed by atoms with Gasteiger partial charge in [0, 0.05) is 48.8 Å². The van der Waals surface area contributed by atoms with E-state index in [0.717, 1.165) is 24.3 Å². The molecule has 154 valence electrons. The highest BCUT2D eigenvalue weighted by atomic mass is 32.1. The Morgan fingerprint density at radius 1 is 1.13 bits per heavy atom. The molecule has 0 radical (unpaired) electrons. The maximum absolute atomic E-state index is 12.7. The van der Waals surface area contributed by atoms with E-state index < -0.39 is 10.8 Å². The minimum absolute atomic E-state index is 0.0590. The lowest BCUT2D eigenvalue weighted by Crippen LogP contribution is -2.44. The van der Waals surface area contributed by atoms with Gasteiger partial charge in [-0.15, -0.1) is 11.3 Å². The molecule has 1 aliphatic rings. The first kappa shape index (κ1) is 20.0. The number of benzene rings is 2. The molecule has 0 unspecified atom stereocenters. The number of nitrogens with one attached hydrogen (secondary N) is 1. The van der Waals surface area contributed by atoms with Gasteiger partial charge in [-0.2, -0.15) is 0 Å². The van der Waals surface area contributed by atoms with Crippen molar-refractivity contribution in [1.82, 2.24) is 9.88 Å². The summed E-state index contributed by atoms with van der Waals surface area (Å²) < 4.78 is 0. The second kappa shape index (κ2) is 8.60. The number of hydrogen-bond donors (Lipinski definition) is 1. The lowest BCUT2D eigenvalue weighted by molar-refractivity contribution is -0.384. The second-order valence-corrected chi connectivity index (χ2v) is 7.97. The zero-order valence-corrected chi connectivity index (χ0v) is 17.3. The molecule has 1 aromatic heterocycles. The fourth-order valence-corrected chi connectivity index (χ4v) is 4.08. The number of piperazine rings is 1. The summed E-state index contributed by atoms with van der Waals surface area (Å²) in [6.07, 6.45) is 0. The maximum Gasteiger partial charge on any atom is 0.293 e. The van der Waals surface area contributed by atoms with E-state index in [0.29, 0.717) is 23.9 Å². The Morgan fingerprint density at radius 2 is 1.87 bits per heavy atom. The number of nitrogens with zero attached hydrogens (tertiary/aromatic N) is 4. The number of nitro groups is 1. The van der Waals surface area contributed by atoms with Crippen molar-refractivity contribution in [1.29, 1.82) is 0 Å². The van der Waals surface area contributed by atoms with Crippen LogP contribution >= 0.6 is 11.3 Å². The quantitative estimate of drug-likeness (QED) is 0.497. The smallest absolute Gasteiger partial charge is 0.293 e. The molecular formula is C21H21N5O3S. The summed E-state index contributed by atoms with van der Waals surface area (Å²) in [5, 5.41) is 16.7. The van der Waals surface area contributed by atoms with Gasteiger partial charge >= 0.3 is 0 Å². The number of rotatable bonds is 5. The Balaban J connectivity index is 1.52. The van der Waals surface area contributed by atoms with Crippen LogP contribution in [0, 0.1) is 10.1 Å². The molecule has 8 nitrogen and oxygen atoms in total. The van der Waals surface area contributed by atoms with E-state index in [1.54, 1.807) is 12.1 Å². The number of carbonyl (C=O) groups is 1. The van der Waals surface area contributed by atoms with E-state index >= 15 is 0 Å². The second-order valence-electron chi connectivity index (χ2n) is 7.11. The zero-order valence-electron chi connectivity index (χ0n) is 16.4. The average Bonchev–Trinajstić information content (AvgIpc) is 3.23. The van der Waals surface area contributed by atoms with E-state index in [1.165, 1.54) is 17.4 Å². The number of anilines is 2. The maximum atomic E-state index is 12.7. The van der Waals surface area contributed by atoms with Crippen LogP contribution in [0.15, 0.2) is 53.9 Å². The standard InChI is InChI=1S/C21H21N5O3S/c1-24-9-11-25(12-10-24)18-8-7-16(13-19(18)26(28)29)20(27)23-21-22-17(14-30-21)15-5-3-2-4-6-15/h2-8,13-14H,9-12H2,1H3,(H,22,23,27). The summed E-state index contributed by atoms with van der Waals surface area (Å²) in [7, 11) is 2.03. The van der Waals surface area contributed by atoms with Gasteiger partial charge in [0.15, 0.2) is 5.13 Å². The molecule has 0 spiro atoms. The van der Waals surface area contributed by atoms with Crippen molar-refractivity contribution in [3.8, 4) is 11.3 Å². The molecular weight excluding hydrogens is 402 g/mol. The molecule has 0 bridgehead atoms. The number of likely N-dealkylation sites (N-methyl/N-ethyl adjacent to an activating group) is 1. The van der Waals surface area contributed by atoms with Crippen LogP contribution in [0.4, 0.5) is 16.5 Å². The van der Waals surface area contributed by atoms with Crippen LogP contribution < -0.4 is 10.2 Å². The molecule has 3 aromatic rings. The van der Waals surface area contributed by atoms with Crippen molar-refractivity contribution in [2.24, 2.45) is 0 Å². The Morgan fingerprint density at radius 3 is 2.57 bits per heavy atom. The normalized spacial score (nSPS) is 14.5. The molecule has 1 aliphatic heterocycles. The van der Waals surface area contributed by atoms with Gasteiger partial charge in [-0.05, 0) is 19.2 Å². The first-order valence-corrected chi connectivity index (χ1v) is 10.4. The molecule has 1 N–H and O–H groups in total. The molecule has 30 heavy (non-hydrogen) atoms. The van der Waals surface area contributed by atoms with Gasteiger partial charge in [0.1, 0.15) is 5.69 Å². The largest absolute Gasteiger partial charge is 0.363 e. The van der Waals surface area contributed by atoms with E-state index in [1.807, 2.05) is 47.7 Å². The van der Waals surface area contributed by atoms with Gasteiger partial charge in [-0.25, -0.2) is 4.98 Å². The number of thiazole rings is 1. The van der Waals surface area contributed by atoms with Crippen LogP contribution in [-0.2, 0) is 0 Å². The first-order valence-electron chi connectivity index (χ1n) is 9.55. The fourth-order valence-electron chi connectivity index (χ4n) is 3.37. The third-order valence-electron chi connectivity index (χ3n) is 5.07. The summed E-state index contributed by atoms with van der Waals surface area (Å²) in [5.41, 5.74) is 2.45.